The van der Waals surface area contributed by atoms with E-state index in [0.29, 0.717) is 0 Å². The average Bonchev–Trinajstić information content (AvgIpc) is 2.63. The number of carbonyl (C=O) groups excluding carboxylic acids is 2. The zero-order valence-corrected chi connectivity index (χ0v) is 13.8. The van der Waals surface area contributed by atoms with Gasteiger partial charge < -0.3 is 14.6 Å². The van der Waals surface area contributed by atoms with Gasteiger partial charge in [-0.3, -0.25) is 4.79 Å². The number of hydrogen-bond donors (Lipinski definition) is 1. The Hall–Kier alpha value is -1.10. The molecule has 1 N–H and O–H groups in total. The van der Waals surface area contributed by atoms with Crippen molar-refractivity contribution >= 4 is 11.9 Å². The molecular weight excluding hydrogens is 284 g/mol. The Morgan fingerprint density at radius 1 is 1.32 bits per heavy atom. The quantitative estimate of drug-likeness (QED) is 0.751. The van der Waals surface area contributed by atoms with Crippen LogP contribution in [0.2, 0.25) is 0 Å². The SMILES string of the molecule is CC(=O)O[C@H]1CC[C@]2(C)CC[C@@H]3[C@H](OC(=O)[C@]3(C)O)[C@H]2[C@H]1C. The van der Waals surface area contributed by atoms with Gasteiger partial charge in [0.25, 0.3) is 0 Å². The first-order chi connectivity index (χ1) is 10.2. The van der Waals surface area contributed by atoms with Crippen molar-refractivity contribution in [2.75, 3.05) is 0 Å². The van der Waals surface area contributed by atoms with E-state index in [4.69, 9.17) is 9.47 Å². The molecule has 0 unspecified atom stereocenters. The fourth-order valence-electron chi connectivity index (χ4n) is 5.18. The molecule has 2 saturated carbocycles. The maximum Gasteiger partial charge on any atom is 0.338 e. The summed E-state index contributed by atoms with van der Waals surface area (Å²) in [5, 5.41) is 10.5. The van der Waals surface area contributed by atoms with Crippen LogP contribution in [0.5, 0.6) is 0 Å². The van der Waals surface area contributed by atoms with E-state index in [1.165, 1.54) is 6.92 Å². The van der Waals surface area contributed by atoms with E-state index in [1.807, 2.05) is 0 Å². The van der Waals surface area contributed by atoms with E-state index in [1.54, 1.807) is 6.92 Å². The molecule has 3 rings (SSSR count). The van der Waals surface area contributed by atoms with Crippen LogP contribution < -0.4 is 0 Å². The van der Waals surface area contributed by atoms with Crippen LogP contribution in [0.15, 0.2) is 0 Å². The highest BCUT2D eigenvalue weighted by molar-refractivity contribution is 5.81. The molecule has 2 aliphatic carbocycles. The molecule has 0 aromatic heterocycles. The lowest BCUT2D eigenvalue weighted by Gasteiger charge is -2.54. The predicted octanol–water partition coefficient (Wildman–Crippen LogP) is 2.06. The summed E-state index contributed by atoms with van der Waals surface area (Å²) in [6, 6.07) is 0. The molecule has 0 amide bonds. The van der Waals surface area contributed by atoms with Crippen molar-refractivity contribution in [3.8, 4) is 0 Å². The van der Waals surface area contributed by atoms with Gasteiger partial charge in [0, 0.05) is 18.8 Å². The highest BCUT2D eigenvalue weighted by atomic mass is 16.6. The van der Waals surface area contributed by atoms with Crippen molar-refractivity contribution in [3.63, 3.8) is 0 Å². The highest BCUT2D eigenvalue weighted by Gasteiger charge is 2.63. The van der Waals surface area contributed by atoms with E-state index in [2.05, 4.69) is 13.8 Å². The number of carbonyl (C=O) groups is 2. The van der Waals surface area contributed by atoms with Crippen LogP contribution in [0, 0.1) is 23.2 Å². The Balaban J connectivity index is 1.90. The maximum atomic E-state index is 12.0. The molecule has 0 radical (unpaired) electrons. The highest BCUT2D eigenvalue weighted by Crippen LogP contribution is 2.58. The summed E-state index contributed by atoms with van der Waals surface area (Å²) in [4.78, 5) is 23.4. The van der Waals surface area contributed by atoms with Gasteiger partial charge in [0.15, 0.2) is 5.60 Å². The van der Waals surface area contributed by atoms with Gasteiger partial charge in [-0.15, -0.1) is 0 Å². The minimum absolute atomic E-state index is 0.0813. The summed E-state index contributed by atoms with van der Waals surface area (Å²) in [7, 11) is 0. The van der Waals surface area contributed by atoms with E-state index < -0.39 is 11.6 Å². The molecular formula is C17H26O5. The largest absolute Gasteiger partial charge is 0.462 e. The molecule has 1 aliphatic heterocycles. The summed E-state index contributed by atoms with van der Waals surface area (Å²) < 4.78 is 11.1. The second-order valence-electron chi connectivity index (χ2n) is 7.89. The second-order valence-corrected chi connectivity index (χ2v) is 7.89. The Morgan fingerprint density at radius 2 is 1.95 bits per heavy atom. The number of hydrogen-bond acceptors (Lipinski definition) is 5. The third kappa shape index (κ3) is 2.16. The number of esters is 2. The first-order valence-corrected chi connectivity index (χ1v) is 8.27. The monoisotopic (exact) mass is 310 g/mol. The summed E-state index contributed by atoms with van der Waals surface area (Å²) in [6.07, 6.45) is 3.20. The Bertz CT molecular complexity index is 499. The molecule has 1 saturated heterocycles. The average molecular weight is 310 g/mol. The van der Waals surface area contributed by atoms with Crippen molar-refractivity contribution < 1.29 is 24.2 Å². The fraction of sp³-hybridized carbons (Fsp3) is 0.882. The lowest BCUT2D eigenvalue weighted by atomic mass is 9.52. The van der Waals surface area contributed by atoms with Crippen molar-refractivity contribution in [2.45, 2.75) is 71.2 Å². The summed E-state index contributed by atoms with van der Waals surface area (Å²) in [6.45, 7) is 7.33. The molecule has 7 atom stereocenters. The van der Waals surface area contributed by atoms with Crippen LogP contribution in [0.4, 0.5) is 0 Å². The van der Waals surface area contributed by atoms with Crippen LogP contribution >= 0.6 is 0 Å². The van der Waals surface area contributed by atoms with Crippen LogP contribution in [0.3, 0.4) is 0 Å². The molecule has 3 aliphatic rings. The lowest BCUT2D eigenvalue weighted by molar-refractivity contribution is -0.173. The standard InChI is InChI=1S/C17H26O5/c1-9-12(21-10(2)18)6-8-16(3)7-5-11-14(13(9)16)22-15(19)17(11,4)20/h9,11-14,20H,5-8H2,1-4H3/t9-,11+,12-,13+,14-,16-,17+/m0/s1. The molecule has 22 heavy (non-hydrogen) atoms. The van der Waals surface area contributed by atoms with Crippen LogP contribution in [-0.4, -0.2) is 34.9 Å². The van der Waals surface area contributed by atoms with E-state index >= 15 is 0 Å². The smallest absolute Gasteiger partial charge is 0.338 e. The van der Waals surface area contributed by atoms with Gasteiger partial charge in [0.05, 0.1) is 0 Å². The third-order valence-electron chi connectivity index (χ3n) is 6.43. The third-order valence-corrected chi connectivity index (χ3v) is 6.43. The zero-order chi connectivity index (χ0) is 16.3. The molecule has 0 bridgehead atoms. The molecule has 5 nitrogen and oxygen atoms in total. The molecule has 3 fully saturated rings. The van der Waals surface area contributed by atoms with Crippen LogP contribution in [-0.2, 0) is 19.1 Å². The second kappa shape index (κ2) is 4.95. The minimum Gasteiger partial charge on any atom is -0.462 e. The van der Waals surface area contributed by atoms with E-state index in [9.17, 15) is 14.7 Å². The minimum atomic E-state index is -1.39. The predicted molar refractivity (Wildman–Crippen MR) is 78.8 cm³/mol. The van der Waals surface area contributed by atoms with Gasteiger partial charge in [0.1, 0.15) is 12.2 Å². The molecule has 5 heteroatoms. The van der Waals surface area contributed by atoms with Gasteiger partial charge in [-0.1, -0.05) is 13.8 Å². The molecule has 0 spiro atoms. The number of ether oxygens (including phenoxy) is 2. The molecule has 124 valence electrons. The summed E-state index contributed by atoms with van der Waals surface area (Å²) >= 11 is 0. The first-order valence-electron chi connectivity index (χ1n) is 8.27. The Morgan fingerprint density at radius 3 is 2.59 bits per heavy atom. The fourth-order valence-corrected chi connectivity index (χ4v) is 5.18. The number of fused-ring (bicyclic) bond motifs is 3. The molecule has 0 aromatic carbocycles. The van der Waals surface area contributed by atoms with Gasteiger partial charge in [-0.05, 0) is 43.9 Å². The van der Waals surface area contributed by atoms with Gasteiger partial charge in [-0.25, -0.2) is 4.79 Å². The van der Waals surface area contributed by atoms with Crippen molar-refractivity contribution in [1.29, 1.82) is 0 Å². The normalized spacial score (nSPS) is 50.8. The van der Waals surface area contributed by atoms with E-state index in [0.717, 1.165) is 25.7 Å². The number of aliphatic hydroxyl groups is 1. The maximum absolute atomic E-state index is 12.0. The Labute approximate surface area is 131 Å². The van der Waals surface area contributed by atoms with Gasteiger partial charge in [0.2, 0.25) is 0 Å². The lowest BCUT2D eigenvalue weighted by Crippen LogP contribution is -2.55. The van der Waals surface area contributed by atoms with Crippen LogP contribution in [0.25, 0.3) is 0 Å². The van der Waals surface area contributed by atoms with Crippen molar-refractivity contribution in [3.05, 3.63) is 0 Å². The van der Waals surface area contributed by atoms with Crippen LogP contribution in [0.1, 0.15) is 53.4 Å². The summed E-state index contributed by atoms with van der Waals surface area (Å²) in [5.41, 5.74) is -1.31. The summed E-state index contributed by atoms with van der Waals surface area (Å²) in [5.74, 6) is -0.673. The van der Waals surface area contributed by atoms with Gasteiger partial charge >= 0.3 is 11.9 Å². The topological polar surface area (TPSA) is 72.8 Å². The van der Waals surface area contributed by atoms with Crippen molar-refractivity contribution in [2.24, 2.45) is 23.2 Å². The van der Waals surface area contributed by atoms with Gasteiger partial charge in [-0.2, -0.15) is 0 Å². The molecule has 1 heterocycles. The number of rotatable bonds is 1. The Kier molecular flexibility index (Phi) is 3.55. The zero-order valence-electron chi connectivity index (χ0n) is 13.8. The van der Waals surface area contributed by atoms with Crippen molar-refractivity contribution in [1.82, 2.24) is 0 Å². The molecule has 0 aromatic rings. The first kappa shape index (κ1) is 15.8. The van der Waals surface area contributed by atoms with E-state index in [-0.39, 0.29) is 41.3 Å².